The third-order valence-corrected chi connectivity index (χ3v) is 4.24. The number of H-pyrrole nitrogens is 1. The van der Waals surface area contributed by atoms with Crippen molar-refractivity contribution in [2.45, 2.75) is 0 Å². The van der Waals surface area contributed by atoms with E-state index in [1.165, 1.54) is 36.5 Å². The quantitative estimate of drug-likeness (QED) is 0.531. The number of nitro groups is 1. The molecule has 1 heterocycles. The van der Waals surface area contributed by atoms with E-state index in [0.717, 1.165) is 0 Å². The minimum Gasteiger partial charge on any atom is -0.329 e. The Bertz CT molecular complexity index is 1080. The summed E-state index contributed by atoms with van der Waals surface area (Å²) in [5, 5.41) is 14.3. The lowest BCUT2D eigenvalue weighted by atomic mass is 10.1. The summed E-state index contributed by atoms with van der Waals surface area (Å²) in [5.74, 6) is -0.653. The lowest BCUT2D eigenvalue weighted by molar-refractivity contribution is -0.384. The first-order chi connectivity index (χ1) is 11.9. The SMILES string of the molecule is O=C(Nc1cc2cc[nH]c(=O)c2cc1Cl)c1cccc([N+](=O)[O-])c1Cl. The van der Waals surface area contributed by atoms with Crippen LogP contribution >= 0.6 is 23.2 Å². The number of halogens is 2. The molecule has 0 aliphatic rings. The zero-order chi connectivity index (χ0) is 18.1. The van der Waals surface area contributed by atoms with Gasteiger partial charge in [-0.1, -0.05) is 29.3 Å². The van der Waals surface area contributed by atoms with Crippen molar-refractivity contribution in [1.29, 1.82) is 0 Å². The van der Waals surface area contributed by atoms with E-state index in [-0.39, 0.29) is 32.5 Å². The number of carbonyl (C=O) groups excluding carboxylic acids is 1. The Morgan fingerprint density at radius 1 is 1.20 bits per heavy atom. The van der Waals surface area contributed by atoms with Gasteiger partial charge in [-0.2, -0.15) is 0 Å². The fourth-order valence-electron chi connectivity index (χ4n) is 2.33. The largest absolute Gasteiger partial charge is 0.329 e. The van der Waals surface area contributed by atoms with Crippen molar-refractivity contribution in [3.05, 3.63) is 78.7 Å². The van der Waals surface area contributed by atoms with Crippen LogP contribution in [0, 0.1) is 10.1 Å². The van der Waals surface area contributed by atoms with Gasteiger partial charge in [0.15, 0.2) is 0 Å². The number of nitrogens with zero attached hydrogens (tertiary/aromatic N) is 1. The Labute approximate surface area is 150 Å². The number of carbonyl (C=O) groups is 1. The van der Waals surface area contributed by atoms with Crippen molar-refractivity contribution in [3.63, 3.8) is 0 Å². The molecule has 0 fully saturated rings. The molecule has 7 nitrogen and oxygen atoms in total. The number of rotatable bonds is 3. The third kappa shape index (κ3) is 3.19. The van der Waals surface area contributed by atoms with Crippen LogP contribution in [0.15, 0.2) is 47.4 Å². The number of nitro benzene ring substituents is 1. The Balaban J connectivity index is 2.01. The molecule has 9 heteroatoms. The minimum atomic E-state index is -0.672. The molecule has 2 aromatic carbocycles. The highest BCUT2D eigenvalue weighted by Crippen LogP contribution is 2.30. The molecule has 0 aliphatic carbocycles. The molecule has 3 aromatic rings. The average molecular weight is 378 g/mol. The molecule has 25 heavy (non-hydrogen) atoms. The van der Waals surface area contributed by atoms with Crippen LogP contribution in [0.5, 0.6) is 0 Å². The maximum Gasteiger partial charge on any atom is 0.288 e. The minimum absolute atomic E-state index is 0.0575. The second-order valence-electron chi connectivity index (χ2n) is 5.08. The molecule has 126 valence electrons. The van der Waals surface area contributed by atoms with Crippen LogP contribution in [0.2, 0.25) is 10.0 Å². The second kappa shape index (κ2) is 6.54. The van der Waals surface area contributed by atoms with Crippen LogP contribution in [0.25, 0.3) is 10.8 Å². The van der Waals surface area contributed by atoms with E-state index in [1.54, 1.807) is 6.07 Å². The summed E-state index contributed by atoms with van der Waals surface area (Å²) in [6, 6.07) is 8.55. The van der Waals surface area contributed by atoms with Gasteiger partial charge in [0.2, 0.25) is 0 Å². The number of hydrogen-bond acceptors (Lipinski definition) is 4. The maximum atomic E-state index is 12.4. The molecular weight excluding hydrogens is 369 g/mol. The van der Waals surface area contributed by atoms with Crippen LogP contribution in [0.3, 0.4) is 0 Å². The molecule has 1 aromatic heterocycles. The molecular formula is C16H9Cl2N3O4. The first-order valence-corrected chi connectivity index (χ1v) is 7.69. The van der Waals surface area contributed by atoms with Crippen LogP contribution in [-0.2, 0) is 0 Å². The van der Waals surface area contributed by atoms with E-state index in [4.69, 9.17) is 23.2 Å². The van der Waals surface area contributed by atoms with E-state index in [1.807, 2.05) is 0 Å². The third-order valence-electron chi connectivity index (χ3n) is 3.53. The van der Waals surface area contributed by atoms with Crippen molar-refractivity contribution in [2.75, 3.05) is 5.32 Å². The van der Waals surface area contributed by atoms with E-state index in [0.29, 0.717) is 10.8 Å². The highest BCUT2D eigenvalue weighted by atomic mass is 35.5. The van der Waals surface area contributed by atoms with Gasteiger partial charge in [-0.3, -0.25) is 19.7 Å². The number of aromatic amines is 1. The lowest BCUT2D eigenvalue weighted by Gasteiger charge is -2.10. The number of anilines is 1. The number of pyridine rings is 1. The summed E-state index contributed by atoms with van der Waals surface area (Å²) in [5.41, 5.74) is -0.477. The van der Waals surface area contributed by atoms with Gasteiger partial charge in [-0.25, -0.2) is 0 Å². The summed E-state index contributed by atoms with van der Waals surface area (Å²) in [6.45, 7) is 0. The molecule has 0 spiro atoms. The Kier molecular flexibility index (Phi) is 4.43. The van der Waals surface area contributed by atoms with Crippen LogP contribution in [0.1, 0.15) is 10.4 Å². The van der Waals surface area contributed by atoms with Crippen LogP contribution in [0.4, 0.5) is 11.4 Å². The van der Waals surface area contributed by atoms with Gasteiger partial charge in [0.1, 0.15) is 5.02 Å². The molecule has 0 saturated carbocycles. The van der Waals surface area contributed by atoms with E-state index < -0.39 is 10.8 Å². The molecule has 0 bridgehead atoms. The number of aromatic nitrogens is 1. The van der Waals surface area contributed by atoms with Crippen molar-refractivity contribution < 1.29 is 9.72 Å². The number of benzene rings is 2. The van der Waals surface area contributed by atoms with Gasteiger partial charge in [0, 0.05) is 17.6 Å². The predicted octanol–water partition coefficient (Wildman–Crippen LogP) is 4.00. The van der Waals surface area contributed by atoms with E-state index in [2.05, 4.69) is 10.3 Å². The van der Waals surface area contributed by atoms with Gasteiger partial charge in [-0.05, 0) is 29.7 Å². The van der Waals surface area contributed by atoms with Crippen molar-refractivity contribution >= 4 is 51.3 Å². The van der Waals surface area contributed by atoms with Gasteiger partial charge in [0.05, 0.1) is 21.2 Å². The number of hydrogen-bond donors (Lipinski definition) is 2. The van der Waals surface area contributed by atoms with Gasteiger partial charge < -0.3 is 10.3 Å². The molecule has 3 rings (SSSR count). The lowest BCUT2D eigenvalue weighted by Crippen LogP contribution is -2.14. The van der Waals surface area contributed by atoms with Gasteiger partial charge in [-0.15, -0.1) is 0 Å². The number of fused-ring (bicyclic) bond motifs is 1. The summed E-state index contributed by atoms with van der Waals surface area (Å²) in [7, 11) is 0. The monoisotopic (exact) mass is 377 g/mol. The fraction of sp³-hybridized carbons (Fsp3) is 0. The van der Waals surface area contributed by atoms with Gasteiger partial charge in [0.25, 0.3) is 17.2 Å². The Hall–Kier alpha value is -2.90. The van der Waals surface area contributed by atoms with E-state index in [9.17, 15) is 19.7 Å². The zero-order valence-corrected chi connectivity index (χ0v) is 13.9. The summed E-state index contributed by atoms with van der Waals surface area (Å²) in [4.78, 5) is 36.9. The Morgan fingerprint density at radius 2 is 1.96 bits per heavy atom. The predicted molar refractivity (Wildman–Crippen MR) is 95.6 cm³/mol. The topological polar surface area (TPSA) is 105 Å². The molecule has 0 atom stereocenters. The first-order valence-electron chi connectivity index (χ1n) is 6.93. The number of amides is 1. The molecule has 0 saturated heterocycles. The van der Waals surface area contributed by atoms with E-state index >= 15 is 0 Å². The zero-order valence-electron chi connectivity index (χ0n) is 12.4. The highest BCUT2D eigenvalue weighted by molar-refractivity contribution is 6.37. The summed E-state index contributed by atoms with van der Waals surface area (Å²) >= 11 is 12.1. The highest BCUT2D eigenvalue weighted by Gasteiger charge is 2.20. The second-order valence-corrected chi connectivity index (χ2v) is 5.86. The maximum absolute atomic E-state index is 12.4. The number of nitrogens with one attached hydrogen (secondary N) is 2. The summed E-state index contributed by atoms with van der Waals surface area (Å²) < 4.78 is 0. The van der Waals surface area contributed by atoms with Crippen LogP contribution < -0.4 is 10.9 Å². The average Bonchev–Trinajstić information content (AvgIpc) is 2.56. The molecule has 0 aliphatic heterocycles. The van der Waals surface area contributed by atoms with Crippen molar-refractivity contribution in [1.82, 2.24) is 4.98 Å². The van der Waals surface area contributed by atoms with Crippen molar-refractivity contribution in [3.8, 4) is 0 Å². The molecule has 2 N–H and O–H groups in total. The normalized spacial score (nSPS) is 10.6. The Morgan fingerprint density at radius 3 is 2.68 bits per heavy atom. The standard InChI is InChI=1S/C16H9Cl2N3O4/c17-11-7-10-8(4-5-19-15(10)22)6-12(11)20-16(23)9-2-1-3-13(14(9)18)21(24)25/h1-7H,(H,19,22)(H,20,23). The molecule has 0 unspecified atom stereocenters. The molecule has 1 amide bonds. The fourth-order valence-corrected chi connectivity index (χ4v) is 2.82. The first kappa shape index (κ1) is 16.9. The van der Waals surface area contributed by atoms with Crippen LogP contribution in [-0.4, -0.2) is 15.8 Å². The van der Waals surface area contributed by atoms with Crippen molar-refractivity contribution in [2.24, 2.45) is 0 Å². The smallest absolute Gasteiger partial charge is 0.288 e. The van der Waals surface area contributed by atoms with Gasteiger partial charge >= 0.3 is 0 Å². The molecule has 0 radical (unpaired) electrons. The summed E-state index contributed by atoms with van der Waals surface area (Å²) in [6.07, 6.45) is 1.47.